The largest absolute Gasteiger partial charge is 0.507 e. The van der Waals surface area contributed by atoms with Gasteiger partial charge in [-0.05, 0) is 71.1 Å². The highest BCUT2D eigenvalue weighted by Crippen LogP contribution is 2.72. The molecule has 4 aliphatic carbocycles. The number of hydrogen-bond donors (Lipinski definition) is 1. The molecule has 0 aliphatic heterocycles. The monoisotopic (exact) mass is 413 g/mol. The van der Waals surface area contributed by atoms with Crippen molar-refractivity contribution in [2.45, 2.75) is 70.5 Å². The van der Waals surface area contributed by atoms with Crippen LogP contribution in [0, 0.1) is 35.0 Å². The van der Waals surface area contributed by atoms with Crippen LogP contribution in [0.15, 0.2) is 17.0 Å². The third kappa shape index (κ3) is 3.11. The minimum Gasteiger partial charge on any atom is -0.507 e. The first kappa shape index (κ1) is 20.5. The van der Waals surface area contributed by atoms with Crippen LogP contribution in [-0.4, -0.2) is 18.8 Å². The van der Waals surface area contributed by atoms with Gasteiger partial charge in [-0.25, -0.2) is 8.42 Å². The van der Waals surface area contributed by atoms with E-state index in [1.165, 1.54) is 6.08 Å². The number of allylic oxidation sites excluding steroid dienone is 1. The summed E-state index contributed by atoms with van der Waals surface area (Å²) in [5.74, 6) is 1.91. The topological polar surface area (TPSA) is 78.2 Å². The van der Waals surface area contributed by atoms with Crippen molar-refractivity contribution in [2.24, 2.45) is 23.7 Å². The molecular weight excluding hydrogens is 382 g/mol. The van der Waals surface area contributed by atoms with Crippen LogP contribution < -0.4 is 0 Å². The average molecular weight is 414 g/mol. The fourth-order valence-corrected chi connectivity index (χ4v) is 8.09. The van der Waals surface area contributed by atoms with Gasteiger partial charge in [0.15, 0.2) is 9.84 Å². The van der Waals surface area contributed by atoms with Crippen molar-refractivity contribution >= 4 is 15.9 Å². The number of benzene rings is 1. The van der Waals surface area contributed by atoms with E-state index in [2.05, 4.69) is 0 Å². The van der Waals surface area contributed by atoms with Gasteiger partial charge in [-0.3, -0.25) is 0 Å². The van der Waals surface area contributed by atoms with Crippen molar-refractivity contribution in [1.82, 2.24) is 0 Å². The zero-order chi connectivity index (χ0) is 21.5. The number of phenols is 1. The van der Waals surface area contributed by atoms with Gasteiger partial charge in [-0.2, -0.15) is 5.26 Å². The Balaban J connectivity index is 1.81. The second-order valence-electron chi connectivity index (χ2n) is 11.2. The molecule has 3 unspecified atom stereocenters. The predicted octanol–water partition coefficient (Wildman–Crippen LogP) is 4.92. The molecule has 4 bridgehead atoms. The number of sulfone groups is 1. The van der Waals surface area contributed by atoms with Crippen molar-refractivity contribution in [3.05, 3.63) is 33.7 Å². The van der Waals surface area contributed by atoms with Gasteiger partial charge in [0.2, 0.25) is 0 Å². The van der Waals surface area contributed by atoms with E-state index >= 15 is 0 Å². The van der Waals surface area contributed by atoms with Crippen molar-refractivity contribution in [3.63, 3.8) is 0 Å². The molecule has 4 fully saturated rings. The zero-order valence-electron chi connectivity index (χ0n) is 18.2. The summed E-state index contributed by atoms with van der Waals surface area (Å²) < 4.78 is 26.7. The SMILES string of the molecule is CC(C)(C)c1cc(C=C(C#N)S(=O)(=O)C2C3CC4C(C3)C42)cc(C(C)(C)C)c1O. The fourth-order valence-electron chi connectivity index (χ4n) is 5.82. The van der Waals surface area contributed by atoms with Gasteiger partial charge in [0.1, 0.15) is 16.7 Å². The molecule has 0 amide bonds. The van der Waals surface area contributed by atoms with Gasteiger partial charge in [0, 0.05) is 11.1 Å². The highest BCUT2D eigenvalue weighted by Gasteiger charge is 2.71. The van der Waals surface area contributed by atoms with Crippen molar-refractivity contribution in [3.8, 4) is 11.8 Å². The highest BCUT2D eigenvalue weighted by atomic mass is 32.2. The number of nitriles is 1. The third-order valence-electron chi connectivity index (χ3n) is 7.21. The smallest absolute Gasteiger partial charge is 0.191 e. The zero-order valence-corrected chi connectivity index (χ0v) is 19.0. The summed E-state index contributed by atoms with van der Waals surface area (Å²) in [6.45, 7) is 12.1. The maximum Gasteiger partial charge on any atom is 0.191 e. The lowest BCUT2D eigenvalue weighted by Crippen LogP contribution is -2.26. The summed E-state index contributed by atoms with van der Waals surface area (Å²) in [7, 11) is -3.63. The number of phenolic OH excluding ortho intramolecular Hbond substituents is 1. The summed E-state index contributed by atoms with van der Waals surface area (Å²) in [5, 5.41) is 20.3. The Bertz CT molecular complexity index is 998. The second kappa shape index (κ2) is 6.11. The summed E-state index contributed by atoms with van der Waals surface area (Å²) in [6, 6.07) is 5.64. The molecule has 5 heteroatoms. The molecule has 29 heavy (non-hydrogen) atoms. The van der Waals surface area contributed by atoms with Crippen LogP contribution in [0.4, 0.5) is 0 Å². The van der Waals surface area contributed by atoms with Crippen LogP contribution in [0.3, 0.4) is 0 Å². The molecule has 0 heterocycles. The Hall–Kier alpha value is -1.80. The summed E-state index contributed by atoms with van der Waals surface area (Å²) in [6.07, 6.45) is 3.55. The van der Waals surface area contributed by atoms with E-state index in [-0.39, 0.29) is 38.6 Å². The van der Waals surface area contributed by atoms with Gasteiger partial charge in [0.25, 0.3) is 0 Å². The Morgan fingerprint density at radius 2 is 1.55 bits per heavy atom. The number of nitrogens with zero attached hydrogens (tertiary/aromatic N) is 1. The van der Waals surface area contributed by atoms with E-state index in [0.717, 1.165) is 24.0 Å². The maximum absolute atomic E-state index is 13.3. The van der Waals surface area contributed by atoms with Crippen LogP contribution >= 0.6 is 0 Å². The van der Waals surface area contributed by atoms with Gasteiger partial charge in [-0.1, -0.05) is 41.5 Å². The lowest BCUT2D eigenvalue weighted by Gasteiger charge is -2.28. The van der Waals surface area contributed by atoms with Gasteiger partial charge in [0.05, 0.1) is 5.25 Å². The molecule has 0 saturated heterocycles. The molecule has 3 atom stereocenters. The van der Waals surface area contributed by atoms with Gasteiger partial charge >= 0.3 is 0 Å². The van der Waals surface area contributed by atoms with E-state index in [0.29, 0.717) is 17.4 Å². The van der Waals surface area contributed by atoms with Crippen LogP contribution in [-0.2, 0) is 20.7 Å². The van der Waals surface area contributed by atoms with E-state index in [1.54, 1.807) is 0 Å². The van der Waals surface area contributed by atoms with Crippen molar-refractivity contribution in [1.29, 1.82) is 5.26 Å². The first-order valence-electron chi connectivity index (χ1n) is 10.5. The molecule has 1 N–H and O–H groups in total. The van der Waals surface area contributed by atoms with Crippen LogP contribution in [0.2, 0.25) is 0 Å². The van der Waals surface area contributed by atoms with Crippen LogP contribution in [0.25, 0.3) is 6.08 Å². The first-order valence-corrected chi connectivity index (χ1v) is 12.0. The molecule has 4 saturated carbocycles. The van der Waals surface area contributed by atoms with Gasteiger partial charge < -0.3 is 5.11 Å². The molecular formula is C24H31NO3S. The number of aromatic hydroxyl groups is 1. The first-order chi connectivity index (χ1) is 13.3. The van der Waals surface area contributed by atoms with E-state index in [1.807, 2.05) is 59.7 Å². The molecule has 1 aromatic rings. The second-order valence-corrected chi connectivity index (χ2v) is 13.3. The number of hydrogen-bond acceptors (Lipinski definition) is 4. The Kier molecular flexibility index (Phi) is 4.31. The predicted molar refractivity (Wildman–Crippen MR) is 115 cm³/mol. The Labute approximate surface area is 174 Å². The van der Waals surface area contributed by atoms with Crippen molar-refractivity contribution in [2.75, 3.05) is 0 Å². The molecule has 4 aliphatic rings. The van der Waals surface area contributed by atoms with E-state index in [4.69, 9.17) is 0 Å². The summed E-state index contributed by atoms with van der Waals surface area (Å²) >= 11 is 0. The average Bonchev–Trinajstić information content (AvgIpc) is 3.00. The molecule has 4 nitrogen and oxygen atoms in total. The molecule has 1 aromatic carbocycles. The third-order valence-corrected chi connectivity index (χ3v) is 9.45. The van der Waals surface area contributed by atoms with Crippen LogP contribution in [0.5, 0.6) is 5.75 Å². The fraction of sp³-hybridized carbons (Fsp3) is 0.625. The van der Waals surface area contributed by atoms with Gasteiger partial charge in [-0.15, -0.1) is 0 Å². The molecule has 0 radical (unpaired) electrons. The number of rotatable bonds is 3. The van der Waals surface area contributed by atoms with E-state index < -0.39 is 9.84 Å². The highest BCUT2D eigenvalue weighted by molar-refractivity contribution is 7.96. The summed E-state index contributed by atoms with van der Waals surface area (Å²) in [4.78, 5) is -0.133. The Morgan fingerprint density at radius 1 is 1.07 bits per heavy atom. The lowest BCUT2D eigenvalue weighted by molar-refractivity contribution is 0.423. The summed E-state index contributed by atoms with van der Waals surface area (Å²) in [5.41, 5.74) is 1.56. The van der Waals surface area contributed by atoms with Crippen LogP contribution in [0.1, 0.15) is 71.1 Å². The molecule has 0 aromatic heterocycles. The normalized spacial score (nSPS) is 31.1. The minimum atomic E-state index is -3.63. The molecule has 156 valence electrons. The van der Waals surface area contributed by atoms with E-state index in [9.17, 15) is 18.8 Å². The molecule has 0 spiro atoms. The molecule has 5 rings (SSSR count). The maximum atomic E-state index is 13.3. The lowest BCUT2D eigenvalue weighted by atomic mass is 9.78. The standard InChI is InChI=1S/C24H31NO3S/c1-23(2,3)18-8-13(9-19(21(18)26)24(4,5)6)7-15(12-25)29(27,28)22-14-10-16-17(11-14)20(16)22/h7-9,14,16-17,20,22,26H,10-11H2,1-6H3. The minimum absolute atomic E-state index is 0.133. The van der Waals surface area contributed by atoms with Crippen molar-refractivity contribution < 1.29 is 13.5 Å². The quantitative estimate of drug-likeness (QED) is 0.713. The Morgan fingerprint density at radius 3 is 1.90 bits per heavy atom.